The summed E-state index contributed by atoms with van der Waals surface area (Å²) in [6.07, 6.45) is 0. The van der Waals surface area contributed by atoms with Crippen LogP contribution in [0.1, 0.15) is 10.4 Å². The Bertz CT molecular complexity index is 1080. The average Bonchev–Trinajstić information content (AvgIpc) is 2.61. The van der Waals surface area contributed by atoms with Gasteiger partial charge in [0.2, 0.25) is 0 Å². The Labute approximate surface area is 166 Å². The van der Waals surface area contributed by atoms with Gasteiger partial charge in [0.15, 0.2) is 0 Å². The van der Waals surface area contributed by atoms with Crippen LogP contribution >= 0.6 is 11.6 Å². The van der Waals surface area contributed by atoms with E-state index in [0.29, 0.717) is 0 Å². The van der Waals surface area contributed by atoms with Crippen molar-refractivity contribution in [1.82, 2.24) is 0 Å². The number of hydrogen-bond acceptors (Lipinski definition) is 6. The molecule has 2 N–H and O–H groups in total. The molecule has 156 valence electrons. The first kappa shape index (κ1) is 22.2. The van der Waals surface area contributed by atoms with Gasteiger partial charge in [-0.05, 0) is 24.3 Å². The predicted octanol–water partition coefficient (Wildman–Crippen LogP) is 3.77. The molecular formula is C15H11ClF3N3O6S. The van der Waals surface area contributed by atoms with Gasteiger partial charge in [0.1, 0.15) is 10.8 Å². The van der Waals surface area contributed by atoms with E-state index in [1.165, 1.54) is 10.8 Å². The number of hydrogen-bond donors (Lipinski definition) is 2. The fourth-order valence-corrected chi connectivity index (χ4v) is 2.81. The zero-order valence-electron chi connectivity index (χ0n) is 14.3. The SMILES string of the molecule is COc1cc(NC(=O)c2ccc(Cl)c([N+](=O)[O-])c2)ccc1NS(=O)(=O)C(F)(F)F. The number of sulfonamides is 1. The summed E-state index contributed by atoms with van der Waals surface area (Å²) in [5.41, 5.74) is -6.62. The van der Waals surface area contributed by atoms with E-state index in [-0.39, 0.29) is 22.0 Å². The number of nitrogens with zero attached hydrogens (tertiary/aromatic N) is 1. The Morgan fingerprint density at radius 1 is 1.21 bits per heavy atom. The van der Waals surface area contributed by atoms with Gasteiger partial charge in [-0.3, -0.25) is 19.6 Å². The number of methoxy groups -OCH3 is 1. The largest absolute Gasteiger partial charge is 0.516 e. The molecule has 2 aromatic carbocycles. The summed E-state index contributed by atoms with van der Waals surface area (Å²) >= 11 is 5.67. The number of carbonyl (C=O) groups excluding carboxylic acids is 1. The summed E-state index contributed by atoms with van der Waals surface area (Å²) in [5, 5.41) is 13.1. The number of alkyl halides is 3. The predicted molar refractivity (Wildman–Crippen MR) is 97.7 cm³/mol. The maximum absolute atomic E-state index is 12.5. The van der Waals surface area contributed by atoms with Gasteiger partial charge in [-0.2, -0.15) is 21.6 Å². The number of rotatable bonds is 6. The van der Waals surface area contributed by atoms with Crippen molar-refractivity contribution >= 4 is 44.6 Å². The molecule has 14 heteroatoms. The fraction of sp³-hybridized carbons (Fsp3) is 0.133. The molecule has 1 amide bonds. The lowest BCUT2D eigenvalue weighted by molar-refractivity contribution is -0.384. The minimum Gasteiger partial charge on any atom is -0.494 e. The van der Waals surface area contributed by atoms with Gasteiger partial charge < -0.3 is 10.1 Å². The molecule has 2 aromatic rings. The Morgan fingerprint density at radius 3 is 2.41 bits per heavy atom. The molecule has 0 aliphatic rings. The van der Waals surface area contributed by atoms with Gasteiger partial charge in [-0.1, -0.05) is 11.6 Å². The average molecular weight is 454 g/mol. The second-order valence-electron chi connectivity index (χ2n) is 5.34. The van der Waals surface area contributed by atoms with Gasteiger partial charge >= 0.3 is 15.5 Å². The lowest BCUT2D eigenvalue weighted by atomic mass is 10.1. The molecule has 0 radical (unpaired) electrons. The number of benzene rings is 2. The highest BCUT2D eigenvalue weighted by atomic mass is 35.5. The van der Waals surface area contributed by atoms with E-state index in [9.17, 15) is 36.5 Å². The molecule has 9 nitrogen and oxygen atoms in total. The Balaban J connectivity index is 2.28. The van der Waals surface area contributed by atoms with Gasteiger partial charge in [-0.25, -0.2) is 0 Å². The summed E-state index contributed by atoms with van der Waals surface area (Å²) in [6.45, 7) is 0. The molecule has 29 heavy (non-hydrogen) atoms. The standard InChI is InChI=1S/C15H11ClF3N3O6S/c1-28-13-7-9(3-5-11(13)21-29(26,27)15(17,18)19)20-14(23)8-2-4-10(16)12(6-8)22(24)25/h2-7,21H,1H3,(H,20,23). The number of halogens is 4. The third-order valence-corrected chi connectivity index (χ3v) is 4.83. The Hall–Kier alpha value is -3.06. The first-order valence-electron chi connectivity index (χ1n) is 7.38. The van der Waals surface area contributed by atoms with Gasteiger partial charge in [-0.15, -0.1) is 0 Å². The van der Waals surface area contributed by atoms with Crippen LogP contribution in [0.4, 0.5) is 30.2 Å². The molecule has 0 saturated heterocycles. The highest BCUT2D eigenvalue weighted by molar-refractivity contribution is 7.93. The normalized spacial score (nSPS) is 11.6. The van der Waals surface area contributed by atoms with E-state index in [0.717, 1.165) is 37.4 Å². The van der Waals surface area contributed by atoms with Crippen LogP contribution in [0, 0.1) is 10.1 Å². The van der Waals surface area contributed by atoms with Gasteiger partial charge in [0.25, 0.3) is 11.6 Å². The topological polar surface area (TPSA) is 128 Å². The maximum atomic E-state index is 12.5. The molecule has 0 heterocycles. The van der Waals surface area contributed by atoms with Crippen molar-refractivity contribution in [1.29, 1.82) is 0 Å². The Kier molecular flexibility index (Phi) is 6.23. The lowest BCUT2D eigenvalue weighted by Gasteiger charge is -2.15. The number of ether oxygens (including phenoxy) is 1. The third-order valence-electron chi connectivity index (χ3n) is 3.41. The van der Waals surface area contributed by atoms with Crippen LogP contribution in [0.5, 0.6) is 5.75 Å². The number of nitro benzene ring substituents is 1. The first-order chi connectivity index (χ1) is 13.4. The summed E-state index contributed by atoms with van der Waals surface area (Å²) in [7, 11) is -4.59. The maximum Gasteiger partial charge on any atom is 0.516 e. The van der Waals surface area contributed by atoms with E-state index < -0.39 is 37.7 Å². The summed E-state index contributed by atoms with van der Waals surface area (Å²) in [6, 6.07) is 6.45. The summed E-state index contributed by atoms with van der Waals surface area (Å²) < 4.78 is 66.1. The Morgan fingerprint density at radius 2 is 1.86 bits per heavy atom. The number of carbonyl (C=O) groups is 1. The molecule has 0 saturated carbocycles. The van der Waals surface area contributed by atoms with Crippen molar-refractivity contribution in [3.8, 4) is 5.75 Å². The number of anilines is 2. The van der Waals surface area contributed by atoms with Crippen molar-refractivity contribution < 1.29 is 36.0 Å². The van der Waals surface area contributed by atoms with Crippen LogP contribution in [0.3, 0.4) is 0 Å². The minimum atomic E-state index is -5.67. The smallest absolute Gasteiger partial charge is 0.494 e. The van der Waals surface area contributed by atoms with E-state index in [1.54, 1.807) is 0 Å². The van der Waals surface area contributed by atoms with E-state index in [4.69, 9.17) is 16.3 Å². The quantitative estimate of drug-likeness (QED) is 0.506. The molecule has 0 spiro atoms. The number of nitrogens with one attached hydrogen (secondary N) is 2. The second kappa shape index (κ2) is 8.13. The van der Waals surface area contributed by atoms with E-state index >= 15 is 0 Å². The lowest BCUT2D eigenvalue weighted by Crippen LogP contribution is -2.30. The summed E-state index contributed by atoms with van der Waals surface area (Å²) in [5.74, 6) is -1.09. The van der Waals surface area contributed by atoms with E-state index in [2.05, 4.69) is 5.32 Å². The van der Waals surface area contributed by atoms with Crippen LogP contribution in [0.15, 0.2) is 36.4 Å². The zero-order valence-corrected chi connectivity index (χ0v) is 15.9. The van der Waals surface area contributed by atoms with Gasteiger partial charge in [0, 0.05) is 23.4 Å². The van der Waals surface area contributed by atoms with Gasteiger partial charge in [0.05, 0.1) is 17.7 Å². The fourth-order valence-electron chi connectivity index (χ4n) is 2.05. The molecule has 0 atom stereocenters. The van der Waals surface area contributed by atoms with Crippen LogP contribution in [0.25, 0.3) is 0 Å². The molecule has 0 aliphatic carbocycles. The highest BCUT2D eigenvalue weighted by Gasteiger charge is 2.46. The first-order valence-corrected chi connectivity index (χ1v) is 9.24. The molecule has 0 aromatic heterocycles. The molecule has 0 fully saturated rings. The molecule has 0 unspecified atom stereocenters. The molecular weight excluding hydrogens is 443 g/mol. The van der Waals surface area contributed by atoms with Crippen LogP contribution in [-0.4, -0.2) is 31.9 Å². The second-order valence-corrected chi connectivity index (χ2v) is 7.42. The molecule has 2 rings (SSSR count). The van der Waals surface area contributed by atoms with Crippen LogP contribution < -0.4 is 14.8 Å². The molecule has 0 bridgehead atoms. The molecule has 0 aliphatic heterocycles. The van der Waals surface area contributed by atoms with Crippen molar-refractivity contribution in [2.75, 3.05) is 17.1 Å². The van der Waals surface area contributed by atoms with Crippen LogP contribution in [-0.2, 0) is 10.0 Å². The number of amides is 1. The minimum absolute atomic E-state index is 0.0272. The van der Waals surface area contributed by atoms with Crippen molar-refractivity contribution in [3.05, 3.63) is 57.1 Å². The third kappa shape index (κ3) is 5.06. The highest BCUT2D eigenvalue weighted by Crippen LogP contribution is 2.33. The monoisotopic (exact) mass is 453 g/mol. The van der Waals surface area contributed by atoms with Crippen molar-refractivity contribution in [2.24, 2.45) is 0 Å². The zero-order chi connectivity index (χ0) is 22.0. The van der Waals surface area contributed by atoms with Crippen LogP contribution in [0.2, 0.25) is 5.02 Å². The number of nitro groups is 1. The van der Waals surface area contributed by atoms with Crippen molar-refractivity contribution in [2.45, 2.75) is 5.51 Å². The summed E-state index contributed by atoms with van der Waals surface area (Å²) in [4.78, 5) is 22.4. The van der Waals surface area contributed by atoms with Crippen molar-refractivity contribution in [3.63, 3.8) is 0 Å². The van der Waals surface area contributed by atoms with E-state index in [1.807, 2.05) is 0 Å².